The van der Waals surface area contributed by atoms with Crippen molar-refractivity contribution in [2.45, 2.75) is 6.92 Å². The van der Waals surface area contributed by atoms with Gasteiger partial charge < -0.3 is 10.5 Å². The van der Waals surface area contributed by atoms with Crippen molar-refractivity contribution in [2.24, 2.45) is 0 Å². The average Bonchev–Trinajstić information content (AvgIpc) is 2.67. The van der Waals surface area contributed by atoms with E-state index in [2.05, 4.69) is 10.2 Å². The number of hydrogen-bond acceptors (Lipinski definition) is 3. The molecule has 2 aromatic rings. The standard InChI is InChI=1S/C11H12FN3O/c1-6-3-4-8(12)10(16-2)9(6)7-5-14-15-11(7)13/h3-5H,1-2H3,(H3,13,14,15). The molecule has 3 N–H and O–H groups in total. The fraction of sp³-hybridized carbons (Fsp3) is 0.182. The molecule has 0 unspecified atom stereocenters. The van der Waals surface area contributed by atoms with E-state index in [0.717, 1.165) is 5.56 Å². The zero-order chi connectivity index (χ0) is 11.7. The first-order chi connectivity index (χ1) is 7.65. The fourth-order valence-corrected chi connectivity index (χ4v) is 1.69. The highest BCUT2D eigenvalue weighted by Crippen LogP contribution is 2.37. The SMILES string of the molecule is COc1c(F)ccc(C)c1-c1cn[nH]c1N. The summed E-state index contributed by atoms with van der Waals surface area (Å²) in [5.74, 6) is 0.170. The predicted molar refractivity (Wildman–Crippen MR) is 59.7 cm³/mol. The van der Waals surface area contributed by atoms with E-state index in [-0.39, 0.29) is 5.75 Å². The second-order valence-electron chi connectivity index (χ2n) is 3.47. The van der Waals surface area contributed by atoms with Gasteiger partial charge in [0.05, 0.1) is 13.3 Å². The minimum Gasteiger partial charge on any atom is -0.493 e. The van der Waals surface area contributed by atoms with Crippen molar-refractivity contribution in [3.05, 3.63) is 29.7 Å². The van der Waals surface area contributed by atoms with Crippen molar-refractivity contribution < 1.29 is 9.13 Å². The van der Waals surface area contributed by atoms with Crippen molar-refractivity contribution in [2.75, 3.05) is 12.8 Å². The van der Waals surface area contributed by atoms with Gasteiger partial charge in [-0.15, -0.1) is 0 Å². The molecule has 0 aliphatic rings. The molecule has 0 bridgehead atoms. The van der Waals surface area contributed by atoms with Crippen LogP contribution in [0.4, 0.5) is 10.2 Å². The second kappa shape index (κ2) is 3.84. The van der Waals surface area contributed by atoms with Gasteiger partial charge in [-0.1, -0.05) is 6.07 Å². The Morgan fingerprint density at radius 2 is 2.19 bits per heavy atom. The number of rotatable bonds is 2. The first-order valence-electron chi connectivity index (χ1n) is 4.77. The second-order valence-corrected chi connectivity index (χ2v) is 3.47. The van der Waals surface area contributed by atoms with Crippen LogP contribution in [0.3, 0.4) is 0 Å². The Balaban J connectivity index is 2.73. The van der Waals surface area contributed by atoms with Gasteiger partial charge in [-0.25, -0.2) is 4.39 Å². The van der Waals surface area contributed by atoms with Gasteiger partial charge in [0.2, 0.25) is 0 Å². The summed E-state index contributed by atoms with van der Waals surface area (Å²) in [5.41, 5.74) is 7.88. The Kier molecular flexibility index (Phi) is 2.52. The van der Waals surface area contributed by atoms with E-state index >= 15 is 0 Å². The number of nitrogens with two attached hydrogens (primary N) is 1. The van der Waals surface area contributed by atoms with Crippen LogP contribution in [0.5, 0.6) is 5.75 Å². The van der Waals surface area contributed by atoms with Crippen molar-refractivity contribution in [3.63, 3.8) is 0 Å². The van der Waals surface area contributed by atoms with Gasteiger partial charge >= 0.3 is 0 Å². The molecule has 0 fully saturated rings. The maximum Gasteiger partial charge on any atom is 0.165 e. The Morgan fingerprint density at radius 3 is 2.75 bits per heavy atom. The topological polar surface area (TPSA) is 63.9 Å². The third-order valence-electron chi connectivity index (χ3n) is 2.46. The van der Waals surface area contributed by atoms with Crippen LogP contribution in [0.1, 0.15) is 5.56 Å². The summed E-state index contributed by atoms with van der Waals surface area (Å²) in [5, 5.41) is 6.43. The summed E-state index contributed by atoms with van der Waals surface area (Å²) in [6, 6.07) is 3.05. The first-order valence-corrected chi connectivity index (χ1v) is 4.77. The molecule has 0 amide bonds. The Bertz CT molecular complexity index is 522. The lowest BCUT2D eigenvalue weighted by atomic mass is 10.0. The van der Waals surface area contributed by atoms with E-state index in [1.807, 2.05) is 6.92 Å². The summed E-state index contributed by atoms with van der Waals surface area (Å²) in [6.07, 6.45) is 1.56. The number of aryl methyl sites for hydroxylation is 1. The van der Waals surface area contributed by atoms with Crippen LogP contribution >= 0.6 is 0 Å². The highest BCUT2D eigenvalue weighted by atomic mass is 19.1. The molecular weight excluding hydrogens is 209 g/mol. The van der Waals surface area contributed by atoms with E-state index in [0.29, 0.717) is 16.9 Å². The fourth-order valence-electron chi connectivity index (χ4n) is 1.69. The van der Waals surface area contributed by atoms with Crippen molar-refractivity contribution in [1.29, 1.82) is 0 Å². The zero-order valence-electron chi connectivity index (χ0n) is 9.04. The van der Waals surface area contributed by atoms with Gasteiger partial charge in [-0.3, -0.25) is 5.10 Å². The van der Waals surface area contributed by atoms with E-state index in [1.165, 1.54) is 13.2 Å². The third kappa shape index (κ3) is 1.50. The number of nitrogens with one attached hydrogen (secondary N) is 1. The van der Waals surface area contributed by atoms with Gasteiger partial charge in [0.15, 0.2) is 11.6 Å². The predicted octanol–water partition coefficient (Wildman–Crippen LogP) is 2.12. The number of benzene rings is 1. The molecule has 84 valence electrons. The van der Waals surface area contributed by atoms with Crippen molar-refractivity contribution in [3.8, 4) is 16.9 Å². The van der Waals surface area contributed by atoms with Gasteiger partial charge in [0.1, 0.15) is 5.82 Å². The van der Waals surface area contributed by atoms with Crippen LogP contribution in [0.15, 0.2) is 18.3 Å². The lowest BCUT2D eigenvalue weighted by Crippen LogP contribution is -1.96. The smallest absolute Gasteiger partial charge is 0.165 e. The number of hydrogen-bond donors (Lipinski definition) is 2. The highest BCUT2D eigenvalue weighted by molar-refractivity contribution is 5.80. The van der Waals surface area contributed by atoms with E-state index in [4.69, 9.17) is 10.5 Å². The highest BCUT2D eigenvalue weighted by Gasteiger charge is 2.16. The third-order valence-corrected chi connectivity index (χ3v) is 2.46. The van der Waals surface area contributed by atoms with E-state index < -0.39 is 5.82 Å². The van der Waals surface area contributed by atoms with Gasteiger partial charge in [-0.2, -0.15) is 5.10 Å². The summed E-state index contributed by atoms with van der Waals surface area (Å²) < 4.78 is 18.6. The van der Waals surface area contributed by atoms with E-state index in [9.17, 15) is 4.39 Å². The molecule has 2 rings (SSSR count). The number of methoxy groups -OCH3 is 1. The average molecular weight is 221 g/mol. The number of nitrogens with zero attached hydrogens (tertiary/aromatic N) is 1. The molecule has 5 heteroatoms. The van der Waals surface area contributed by atoms with Crippen molar-refractivity contribution >= 4 is 5.82 Å². The largest absolute Gasteiger partial charge is 0.493 e. The molecule has 0 saturated heterocycles. The summed E-state index contributed by atoms with van der Waals surface area (Å²) in [4.78, 5) is 0. The number of ether oxygens (including phenoxy) is 1. The molecule has 0 radical (unpaired) electrons. The summed E-state index contributed by atoms with van der Waals surface area (Å²) in [7, 11) is 1.43. The zero-order valence-corrected chi connectivity index (χ0v) is 9.04. The number of aromatic amines is 1. The van der Waals surface area contributed by atoms with Crippen LogP contribution in [-0.2, 0) is 0 Å². The molecule has 0 aliphatic carbocycles. The minimum absolute atomic E-state index is 0.188. The molecular formula is C11H12FN3O. The lowest BCUT2D eigenvalue weighted by Gasteiger charge is -2.11. The quantitative estimate of drug-likeness (QED) is 0.816. The Labute approximate surface area is 92.2 Å². The van der Waals surface area contributed by atoms with Crippen LogP contribution in [0.2, 0.25) is 0 Å². The maximum absolute atomic E-state index is 13.6. The molecule has 0 saturated carbocycles. The molecule has 4 nitrogen and oxygen atoms in total. The number of nitrogen functional groups attached to an aromatic ring is 1. The molecule has 1 heterocycles. The lowest BCUT2D eigenvalue weighted by molar-refractivity contribution is 0.388. The molecule has 0 atom stereocenters. The maximum atomic E-state index is 13.6. The molecule has 1 aromatic carbocycles. The van der Waals surface area contributed by atoms with Crippen LogP contribution in [-0.4, -0.2) is 17.3 Å². The first kappa shape index (κ1) is 10.5. The Morgan fingerprint density at radius 1 is 1.44 bits per heavy atom. The molecule has 16 heavy (non-hydrogen) atoms. The molecule has 1 aromatic heterocycles. The van der Waals surface area contributed by atoms with Crippen LogP contribution in [0.25, 0.3) is 11.1 Å². The van der Waals surface area contributed by atoms with E-state index in [1.54, 1.807) is 12.3 Å². The Hall–Kier alpha value is -2.04. The normalized spacial score (nSPS) is 10.4. The van der Waals surface area contributed by atoms with Gasteiger partial charge in [0.25, 0.3) is 0 Å². The van der Waals surface area contributed by atoms with Crippen LogP contribution in [0, 0.1) is 12.7 Å². The summed E-state index contributed by atoms with van der Waals surface area (Å²) in [6.45, 7) is 1.86. The van der Waals surface area contributed by atoms with Gasteiger partial charge in [0, 0.05) is 11.1 Å². The minimum atomic E-state index is -0.413. The summed E-state index contributed by atoms with van der Waals surface area (Å²) >= 11 is 0. The number of halogens is 1. The molecule has 0 spiro atoms. The van der Waals surface area contributed by atoms with Gasteiger partial charge in [-0.05, 0) is 18.6 Å². The number of anilines is 1. The molecule has 0 aliphatic heterocycles. The monoisotopic (exact) mass is 221 g/mol. The van der Waals surface area contributed by atoms with Crippen molar-refractivity contribution in [1.82, 2.24) is 10.2 Å². The van der Waals surface area contributed by atoms with Crippen LogP contribution < -0.4 is 10.5 Å². The number of H-pyrrole nitrogens is 1. The number of aromatic nitrogens is 2.